The molecule has 22 heavy (non-hydrogen) atoms. The van der Waals surface area contributed by atoms with Gasteiger partial charge >= 0.3 is 0 Å². The second-order valence-corrected chi connectivity index (χ2v) is 5.40. The Hall–Kier alpha value is -2.22. The van der Waals surface area contributed by atoms with E-state index in [-0.39, 0.29) is 23.6 Å². The number of hydrogen-bond acceptors (Lipinski definition) is 7. The van der Waals surface area contributed by atoms with Crippen LogP contribution < -0.4 is 5.32 Å². The van der Waals surface area contributed by atoms with E-state index in [4.69, 9.17) is 13.8 Å². The first-order valence-electron chi connectivity index (χ1n) is 7.25. The molecule has 1 N–H and O–H groups in total. The van der Waals surface area contributed by atoms with E-state index in [2.05, 4.69) is 20.6 Å². The molecule has 1 aliphatic rings. The van der Waals surface area contributed by atoms with Gasteiger partial charge in [0, 0.05) is 19.3 Å². The van der Waals surface area contributed by atoms with Crippen LogP contribution in [-0.4, -0.2) is 34.4 Å². The average molecular weight is 306 g/mol. The minimum Gasteiger partial charge on any atom is -0.381 e. The van der Waals surface area contributed by atoms with Gasteiger partial charge in [0.1, 0.15) is 11.8 Å². The number of amides is 1. The van der Waals surface area contributed by atoms with E-state index in [1.165, 1.54) is 0 Å². The highest BCUT2D eigenvalue weighted by Gasteiger charge is 2.32. The summed E-state index contributed by atoms with van der Waals surface area (Å²) in [7, 11) is 0. The van der Waals surface area contributed by atoms with E-state index in [0.717, 1.165) is 12.8 Å². The molecule has 0 aromatic carbocycles. The predicted molar refractivity (Wildman–Crippen MR) is 74.0 cm³/mol. The topological polar surface area (TPSA) is 103 Å². The van der Waals surface area contributed by atoms with Gasteiger partial charge in [0.25, 0.3) is 5.91 Å². The van der Waals surface area contributed by atoms with Gasteiger partial charge in [-0.1, -0.05) is 10.3 Å². The maximum Gasteiger partial charge on any atom is 0.274 e. The number of aromatic nitrogens is 3. The summed E-state index contributed by atoms with van der Waals surface area (Å²) in [6.45, 7) is 4.80. The van der Waals surface area contributed by atoms with E-state index in [1.54, 1.807) is 19.9 Å². The molecule has 0 radical (unpaired) electrons. The van der Waals surface area contributed by atoms with Crippen molar-refractivity contribution in [1.29, 1.82) is 0 Å². The number of ether oxygens (including phenoxy) is 1. The fraction of sp³-hybridized carbons (Fsp3) is 0.571. The van der Waals surface area contributed by atoms with Crippen LogP contribution in [0.4, 0.5) is 0 Å². The van der Waals surface area contributed by atoms with Gasteiger partial charge in [0.2, 0.25) is 5.89 Å². The van der Waals surface area contributed by atoms with E-state index in [0.29, 0.717) is 30.7 Å². The highest BCUT2D eigenvalue weighted by Crippen LogP contribution is 2.29. The molecule has 2 aromatic rings. The minimum absolute atomic E-state index is 0.186. The van der Waals surface area contributed by atoms with Crippen LogP contribution in [-0.2, 0) is 4.74 Å². The Balaban J connectivity index is 1.80. The lowest BCUT2D eigenvalue weighted by Crippen LogP contribution is -2.36. The first kappa shape index (κ1) is 14.7. The average Bonchev–Trinajstić information content (AvgIpc) is 3.14. The van der Waals surface area contributed by atoms with Gasteiger partial charge in [-0.05, 0) is 32.6 Å². The molecule has 3 rings (SSSR count). The summed E-state index contributed by atoms with van der Waals surface area (Å²) < 4.78 is 15.6. The molecule has 118 valence electrons. The second-order valence-electron chi connectivity index (χ2n) is 5.40. The molecule has 1 atom stereocenters. The largest absolute Gasteiger partial charge is 0.381 e. The minimum atomic E-state index is -0.352. The highest BCUT2D eigenvalue weighted by molar-refractivity contribution is 5.92. The number of carbonyl (C=O) groups excluding carboxylic acids is 1. The van der Waals surface area contributed by atoms with E-state index >= 15 is 0 Å². The SMILES string of the molecule is Cc1noc([C@H](NC(=O)c2cc(C)on2)C2CCOCC2)n1. The van der Waals surface area contributed by atoms with Crippen LogP contribution in [0.25, 0.3) is 0 Å². The Morgan fingerprint density at radius 1 is 1.27 bits per heavy atom. The van der Waals surface area contributed by atoms with Crippen molar-refractivity contribution >= 4 is 5.91 Å². The first-order chi connectivity index (χ1) is 10.6. The van der Waals surface area contributed by atoms with Crippen LogP contribution in [0.2, 0.25) is 0 Å². The Kier molecular flexibility index (Phi) is 4.19. The third kappa shape index (κ3) is 3.16. The van der Waals surface area contributed by atoms with Crippen LogP contribution >= 0.6 is 0 Å². The van der Waals surface area contributed by atoms with Crippen molar-refractivity contribution in [2.24, 2.45) is 5.92 Å². The van der Waals surface area contributed by atoms with Crippen molar-refractivity contribution in [3.05, 3.63) is 29.2 Å². The normalized spacial score (nSPS) is 17.4. The van der Waals surface area contributed by atoms with Gasteiger partial charge < -0.3 is 19.1 Å². The number of nitrogens with one attached hydrogen (secondary N) is 1. The van der Waals surface area contributed by atoms with Gasteiger partial charge in [0.05, 0.1) is 0 Å². The fourth-order valence-corrected chi connectivity index (χ4v) is 2.56. The monoisotopic (exact) mass is 306 g/mol. The molecule has 0 saturated carbocycles. The lowest BCUT2D eigenvalue weighted by atomic mass is 9.91. The van der Waals surface area contributed by atoms with Crippen molar-refractivity contribution in [2.45, 2.75) is 32.7 Å². The number of hydrogen-bond donors (Lipinski definition) is 1. The molecule has 0 aliphatic carbocycles. The van der Waals surface area contributed by atoms with Crippen molar-refractivity contribution in [3.8, 4) is 0 Å². The zero-order chi connectivity index (χ0) is 15.5. The quantitative estimate of drug-likeness (QED) is 0.914. The summed E-state index contributed by atoms with van der Waals surface area (Å²) in [6.07, 6.45) is 1.65. The van der Waals surface area contributed by atoms with Gasteiger partial charge in [-0.25, -0.2) is 0 Å². The summed E-state index contributed by atoms with van der Waals surface area (Å²) in [6, 6.07) is 1.24. The summed E-state index contributed by atoms with van der Waals surface area (Å²) in [5.41, 5.74) is 0.241. The summed E-state index contributed by atoms with van der Waals surface area (Å²) in [5, 5.41) is 10.5. The number of rotatable bonds is 4. The molecule has 0 bridgehead atoms. The standard InChI is InChI=1S/C14H18N4O4/c1-8-7-11(18-21-8)13(19)16-12(10-3-5-20-6-4-10)14-15-9(2)17-22-14/h7,10,12H,3-6H2,1-2H3,(H,16,19)/t12-/m1/s1. The van der Waals surface area contributed by atoms with Crippen LogP contribution in [0, 0.1) is 19.8 Å². The van der Waals surface area contributed by atoms with Gasteiger partial charge in [-0.3, -0.25) is 4.79 Å². The summed E-state index contributed by atoms with van der Waals surface area (Å²) in [4.78, 5) is 16.6. The molecule has 2 aromatic heterocycles. The summed E-state index contributed by atoms with van der Waals surface area (Å²) >= 11 is 0. The molecule has 1 fully saturated rings. The van der Waals surface area contributed by atoms with Crippen LogP contribution in [0.15, 0.2) is 15.1 Å². The third-order valence-electron chi connectivity index (χ3n) is 3.69. The Morgan fingerprint density at radius 2 is 2.05 bits per heavy atom. The van der Waals surface area contributed by atoms with Crippen molar-refractivity contribution in [1.82, 2.24) is 20.6 Å². The first-order valence-corrected chi connectivity index (χ1v) is 7.25. The molecule has 0 unspecified atom stereocenters. The molecule has 1 aliphatic heterocycles. The zero-order valence-corrected chi connectivity index (χ0v) is 12.5. The van der Waals surface area contributed by atoms with Crippen LogP contribution in [0.5, 0.6) is 0 Å². The van der Waals surface area contributed by atoms with Crippen molar-refractivity contribution in [3.63, 3.8) is 0 Å². The molecule has 1 saturated heterocycles. The third-order valence-corrected chi connectivity index (χ3v) is 3.69. The van der Waals surface area contributed by atoms with E-state index in [9.17, 15) is 4.79 Å². The van der Waals surface area contributed by atoms with Crippen molar-refractivity contribution in [2.75, 3.05) is 13.2 Å². The maximum atomic E-state index is 12.3. The molecule has 3 heterocycles. The highest BCUT2D eigenvalue weighted by atomic mass is 16.5. The van der Waals surface area contributed by atoms with E-state index in [1.807, 2.05) is 0 Å². The fourth-order valence-electron chi connectivity index (χ4n) is 2.56. The van der Waals surface area contributed by atoms with Crippen LogP contribution in [0.3, 0.4) is 0 Å². The lowest BCUT2D eigenvalue weighted by molar-refractivity contribution is 0.0466. The van der Waals surface area contributed by atoms with Gasteiger partial charge in [0.15, 0.2) is 11.5 Å². The molecule has 0 spiro atoms. The summed E-state index contributed by atoms with van der Waals surface area (Å²) in [5.74, 6) is 1.41. The molecule has 8 nitrogen and oxygen atoms in total. The molecular formula is C14H18N4O4. The molecule has 8 heteroatoms. The zero-order valence-electron chi connectivity index (χ0n) is 12.5. The Morgan fingerprint density at radius 3 is 2.64 bits per heavy atom. The predicted octanol–water partition coefficient (Wildman–Crippen LogP) is 1.57. The Labute approximate surface area is 127 Å². The second kappa shape index (κ2) is 6.27. The van der Waals surface area contributed by atoms with Gasteiger partial charge in [-0.2, -0.15) is 4.98 Å². The van der Waals surface area contributed by atoms with E-state index < -0.39 is 0 Å². The van der Waals surface area contributed by atoms with Gasteiger partial charge in [-0.15, -0.1) is 0 Å². The number of nitrogens with zero attached hydrogens (tertiary/aromatic N) is 3. The molecule has 1 amide bonds. The maximum absolute atomic E-state index is 12.3. The molecular weight excluding hydrogens is 288 g/mol. The number of carbonyl (C=O) groups is 1. The van der Waals surface area contributed by atoms with Crippen LogP contribution in [0.1, 0.15) is 46.8 Å². The van der Waals surface area contributed by atoms with Crippen molar-refractivity contribution < 1.29 is 18.6 Å². The number of aryl methyl sites for hydroxylation is 2. The smallest absolute Gasteiger partial charge is 0.274 e. The lowest BCUT2D eigenvalue weighted by Gasteiger charge is -2.28. The Bertz CT molecular complexity index is 645.